The molecule has 21 heavy (non-hydrogen) atoms. The molecule has 1 fully saturated rings. The number of hydrogen-bond acceptors (Lipinski definition) is 1. The minimum atomic E-state index is -0.423. The fourth-order valence-corrected chi connectivity index (χ4v) is 3.63. The van der Waals surface area contributed by atoms with Crippen molar-refractivity contribution in [2.45, 2.75) is 43.6 Å². The number of rotatable bonds is 4. The van der Waals surface area contributed by atoms with Crippen LogP contribution in [0, 0.1) is 5.82 Å². The largest absolute Gasteiger partial charge is 0.392 e. The van der Waals surface area contributed by atoms with Gasteiger partial charge in [0, 0.05) is 5.41 Å². The summed E-state index contributed by atoms with van der Waals surface area (Å²) < 4.78 is 13.0. The Bertz CT molecular complexity index is 570. The topological polar surface area (TPSA) is 20.2 Å². The molecule has 0 aromatic heterocycles. The summed E-state index contributed by atoms with van der Waals surface area (Å²) in [5.74, 6) is -0.230. The van der Waals surface area contributed by atoms with Crippen molar-refractivity contribution in [2.24, 2.45) is 0 Å². The van der Waals surface area contributed by atoms with Crippen molar-refractivity contribution in [2.75, 3.05) is 0 Å². The summed E-state index contributed by atoms with van der Waals surface area (Å²) in [5.41, 5.74) is 2.08. The third-order valence-electron chi connectivity index (χ3n) is 4.82. The average Bonchev–Trinajstić information content (AvgIpc) is 3.01. The molecule has 1 unspecified atom stereocenters. The van der Waals surface area contributed by atoms with Crippen LogP contribution in [0.5, 0.6) is 0 Å². The Morgan fingerprint density at radius 1 is 0.952 bits per heavy atom. The molecule has 2 heteroatoms. The number of hydrogen-bond donors (Lipinski definition) is 1. The van der Waals surface area contributed by atoms with Crippen molar-refractivity contribution in [3.8, 4) is 0 Å². The standard InChI is InChI=1S/C19H21FO/c20-17-10-8-15(9-11-17)14-18(21)19(12-4-5-13-19)16-6-2-1-3-7-16/h1-3,6-11,18,21H,4-5,12-14H2. The van der Waals surface area contributed by atoms with Gasteiger partial charge in [-0.15, -0.1) is 0 Å². The monoisotopic (exact) mass is 284 g/mol. The van der Waals surface area contributed by atoms with Crippen LogP contribution in [0.1, 0.15) is 36.8 Å². The van der Waals surface area contributed by atoms with Crippen molar-refractivity contribution >= 4 is 0 Å². The third kappa shape index (κ3) is 2.86. The predicted octanol–water partition coefficient (Wildman–Crippen LogP) is 4.24. The molecule has 2 aromatic carbocycles. The molecule has 0 amide bonds. The van der Waals surface area contributed by atoms with Crippen LogP contribution < -0.4 is 0 Å². The zero-order valence-electron chi connectivity index (χ0n) is 12.1. The number of aliphatic hydroxyl groups excluding tert-OH is 1. The van der Waals surface area contributed by atoms with Crippen LogP contribution in [0.4, 0.5) is 4.39 Å². The molecular formula is C19H21FO. The van der Waals surface area contributed by atoms with Gasteiger partial charge in [0.1, 0.15) is 5.82 Å². The van der Waals surface area contributed by atoms with Crippen molar-refractivity contribution in [3.63, 3.8) is 0 Å². The first-order valence-corrected chi connectivity index (χ1v) is 7.69. The first kappa shape index (κ1) is 14.3. The normalized spacial score (nSPS) is 18.6. The highest BCUT2D eigenvalue weighted by atomic mass is 19.1. The summed E-state index contributed by atoms with van der Waals surface area (Å²) in [6, 6.07) is 16.8. The Morgan fingerprint density at radius 2 is 1.57 bits per heavy atom. The van der Waals surface area contributed by atoms with E-state index in [2.05, 4.69) is 12.1 Å². The molecule has 1 aliphatic carbocycles. The summed E-state index contributed by atoms with van der Waals surface area (Å²) in [7, 11) is 0. The summed E-state index contributed by atoms with van der Waals surface area (Å²) in [5, 5.41) is 10.9. The van der Waals surface area contributed by atoms with E-state index in [1.54, 1.807) is 12.1 Å². The lowest BCUT2D eigenvalue weighted by atomic mass is 9.72. The molecule has 1 nitrogen and oxygen atoms in total. The van der Waals surface area contributed by atoms with Gasteiger partial charge in [0.15, 0.2) is 0 Å². The molecule has 0 saturated heterocycles. The van der Waals surface area contributed by atoms with Crippen LogP contribution in [0.15, 0.2) is 54.6 Å². The van der Waals surface area contributed by atoms with Crippen molar-refractivity contribution in [1.29, 1.82) is 0 Å². The van der Waals surface area contributed by atoms with Crippen molar-refractivity contribution < 1.29 is 9.50 Å². The molecule has 0 spiro atoms. The lowest BCUT2D eigenvalue weighted by Gasteiger charge is -2.35. The fraction of sp³-hybridized carbons (Fsp3) is 0.368. The zero-order chi connectivity index (χ0) is 14.7. The van der Waals surface area contributed by atoms with E-state index >= 15 is 0 Å². The summed E-state index contributed by atoms with van der Waals surface area (Å²) in [6.07, 6.45) is 4.53. The van der Waals surface area contributed by atoms with Gasteiger partial charge in [0.25, 0.3) is 0 Å². The number of aliphatic hydroxyl groups is 1. The Morgan fingerprint density at radius 3 is 2.19 bits per heavy atom. The quantitative estimate of drug-likeness (QED) is 0.890. The first-order chi connectivity index (χ1) is 10.2. The SMILES string of the molecule is OC(Cc1ccc(F)cc1)C1(c2ccccc2)CCCC1. The van der Waals surface area contributed by atoms with E-state index in [4.69, 9.17) is 0 Å². The third-order valence-corrected chi connectivity index (χ3v) is 4.82. The van der Waals surface area contributed by atoms with E-state index in [9.17, 15) is 9.50 Å². The minimum Gasteiger partial charge on any atom is -0.392 e. The van der Waals surface area contributed by atoms with Gasteiger partial charge in [-0.2, -0.15) is 0 Å². The van der Waals surface area contributed by atoms with Crippen molar-refractivity contribution in [3.05, 3.63) is 71.5 Å². The predicted molar refractivity (Wildman–Crippen MR) is 82.7 cm³/mol. The first-order valence-electron chi connectivity index (χ1n) is 7.69. The second kappa shape index (κ2) is 5.98. The highest BCUT2D eigenvalue weighted by Crippen LogP contribution is 2.44. The molecule has 0 heterocycles. The summed E-state index contributed by atoms with van der Waals surface area (Å²) >= 11 is 0. The lowest BCUT2D eigenvalue weighted by Crippen LogP contribution is -2.38. The second-order valence-electron chi connectivity index (χ2n) is 6.08. The van der Waals surface area contributed by atoms with Crippen LogP contribution in [-0.2, 0) is 11.8 Å². The number of benzene rings is 2. The van der Waals surface area contributed by atoms with Crippen LogP contribution in [-0.4, -0.2) is 11.2 Å². The Hall–Kier alpha value is -1.67. The summed E-state index contributed by atoms with van der Waals surface area (Å²) in [4.78, 5) is 0. The molecule has 110 valence electrons. The van der Waals surface area contributed by atoms with E-state index in [0.717, 1.165) is 31.2 Å². The van der Waals surface area contributed by atoms with Crippen molar-refractivity contribution in [1.82, 2.24) is 0 Å². The maximum atomic E-state index is 13.0. The lowest BCUT2D eigenvalue weighted by molar-refractivity contribution is 0.0825. The fourth-order valence-electron chi connectivity index (χ4n) is 3.63. The van der Waals surface area contributed by atoms with Crippen LogP contribution in [0.3, 0.4) is 0 Å². The van der Waals surface area contributed by atoms with E-state index in [0.29, 0.717) is 6.42 Å². The number of halogens is 1. The van der Waals surface area contributed by atoms with E-state index in [1.807, 2.05) is 18.2 Å². The van der Waals surface area contributed by atoms with E-state index < -0.39 is 6.10 Å². The molecule has 1 atom stereocenters. The Balaban J connectivity index is 1.85. The van der Waals surface area contributed by atoms with Gasteiger partial charge >= 0.3 is 0 Å². The molecule has 3 rings (SSSR count). The van der Waals surface area contributed by atoms with Crippen LogP contribution in [0.2, 0.25) is 0 Å². The average molecular weight is 284 g/mol. The summed E-state index contributed by atoms with van der Waals surface area (Å²) in [6.45, 7) is 0. The molecule has 1 saturated carbocycles. The molecular weight excluding hydrogens is 263 g/mol. The van der Waals surface area contributed by atoms with Crippen LogP contribution in [0.25, 0.3) is 0 Å². The molecule has 0 radical (unpaired) electrons. The van der Waals surface area contributed by atoms with Gasteiger partial charge < -0.3 is 5.11 Å². The second-order valence-corrected chi connectivity index (χ2v) is 6.08. The highest BCUT2D eigenvalue weighted by molar-refractivity contribution is 5.30. The molecule has 0 bridgehead atoms. The van der Waals surface area contributed by atoms with Gasteiger partial charge in [-0.1, -0.05) is 55.3 Å². The smallest absolute Gasteiger partial charge is 0.123 e. The molecule has 2 aromatic rings. The minimum absolute atomic E-state index is 0.143. The van der Waals surface area contributed by atoms with E-state index in [1.165, 1.54) is 17.7 Å². The highest BCUT2D eigenvalue weighted by Gasteiger charge is 2.41. The molecule has 1 aliphatic rings. The van der Waals surface area contributed by atoms with Gasteiger partial charge in [-0.25, -0.2) is 4.39 Å². The Labute approximate surface area is 125 Å². The molecule has 0 aliphatic heterocycles. The van der Waals surface area contributed by atoms with Crippen LogP contribution >= 0.6 is 0 Å². The van der Waals surface area contributed by atoms with Gasteiger partial charge in [-0.3, -0.25) is 0 Å². The van der Waals surface area contributed by atoms with E-state index in [-0.39, 0.29) is 11.2 Å². The molecule has 1 N–H and O–H groups in total. The van der Waals surface area contributed by atoms with Gasteiger partial charge in [0.05, 0.1) is 6.10 Å². The Kier molecular flexibility index (Phi) is 4.07. The maximum absolute atomic E-state index is 13.0. The zero-order valence-corrected chi connectivity index (χ0v) is 12.1. The maximum Gasteiger partial charge on any atom is 0.123 e. The van der Waals surface area contributed by atoms with Gasteiger partial charge in [0.2, 0.25) is 0 Å². The van der Waals surface area contributed by atoms with Gasteiger partial charge in [-0.05, 0) is 42.5 Å².